The number of likely N-dealkylation sites (N-methyl/N-ethyl adjacent to an activating group) is 1. The van der Waals surface area contributed by atoms with Crippen LogP contribution in [0, 0.1) is 0 Å². The number of benzene rings is 1. The van der Waals surface area contributed by atoms with Gasteiger partial charge in [0.2, 0.25) is 11.7 Å². The number of aromatic nitrogens is 2. The predicted octanol–water partition coefficient (Wildman–Crippen LogP) is 3.71. The molecule has 20 heavy (non-hydrogen) atoms. The molecule has 0 saturated heterocycles. The Labute approximate surface area is 124 Å². The minimum Gasteiger partial charge on any atom is -0.339 e. The van der Waals surface area contributed by atoms with Crippen LogP contribution >= 0.6 is 11.6 Å². The van der Waals surface area contributed by atoms with E-state index in [1.807, 2.05) is 24.3 Å². The Hall–Kier alpha value is -1.39. The monoisotopic (exact) mass is 293 g/mol. The van der Waals surface area contributed by atoms with Gasteiger partial charge in [0.1, 0.15) is 0 Å². The van der Waals surface area contributed by atoms with Crippen molar-refractivity contribution in [3.63, 3.8) is 0 Å². The standard InChI is InChI=1S/C15H20ClN3O/c1-3-5-13(17-4-2)10-14-18-15(19-20-14)11-6-8-12(16)9-7-11/h6-9,13,17H,3-5,10H2,1-2H3. The third-order valence-electron chi connectivity index (χ3n) is 3.12. The summed E-state index contributed by atoms with van der Waals surface area (Å²) < 4.78 is 5.34. The fourth-order valence-electron chi connectivity index (χ4n) is 2.18. The van der Waals surface area contributed by atoms with Crippen LogP contribution in [0.2, 0.25) is 5.02 Å². The molecule has 0 radical (unpaired) electrons. The molecule has 1 unspecified atom stereocenters. The van der Waals surface area contributed by atoms with Crippen molar-refractivity contribution < 1.29 is 4.52 Å². The largest absolute Gasteiger partial charge is 0.339 e. The lowest BCUT2D eigenvalue weighted by molar-refractivity contribution is 0.352. The van der Waals surface area contributed by atoms with E-state index in [2.05, 4.69) is 29.3 Å². The molecule has 0 aliphatic carbocycles. The lowest BCUT2D eigenvalue weighted by Crippen LogP contribution is -2.30. The van der Waals surface area contributed by atoms with Gasteiger partial charge in [-0.15, -0.1) is 0 Å². The van der Waals surface area contributed by atoms with Crippen molar-refractivity contribution in [2.45, 2.75) is 39.2 Å². The Morgan fingerprint density at radius 3 is 2.65 bits per heavy atom. The summed E-state index contributed by atoms with van der Waals surface area (Å²) in [5, 5.41) is 8.18. The smallest absolute Gasteiger partial charge is 0.228 e. The fraction of sp³-hybridized carbons (Fsp3) is 0.467. The quantitative estimate of drug-likeness (QED) is 0.845. The van der Waals surface area contributed by atoms with E-state index in [1.54, 1.807) is 0 Å². The second-order valence-electron chi connectivity index (χ2n) is 4.77. The van der Waals surface area contributed by atoms with Crippen LogP contribution < -0.4 is 5.32 Å². The van der Waals surface area contributed by atoms with E-state index in [-0.39, 0.29) is 0 Å². The summed E-state index contributed by atoms with van der Waals surface area (Å²) in [4.78, 5) is 4.45. The van der Waals surface area contributed by atoms with Crippen LogP contribution in [0.15, 0.2) is 28.8 Å². The number of nitrogens with one attached hydrogen (secondary N) is 1. The predicted molar refractivity (Wildman–Crippen MR) is 80.8 cm³/mol. The molecule has 0 bridgehead atoms. The summed E-state index contributed by atoms with van der Waals surface area (Å²) in [5.41, 5.74) is 0.917. The van der Waals surface area contributed by atoms with Crippen LogP contribution in [0.25, 0.3) is 11.4 Å². The minimum absolute atomic E-state index is 0.392. The Morgan fingerprint density at radius 1 is 1.25 bits per heavy atom. The fourth-order valence-corrected chi connectivity index (χ4v) is 2.30. The van der Waals surface area contributed by atoms with Gasteiger partial charge in [0.05, 0.1) is 0 Å². The van der Waals surface area contributed by atoms with Crippen molar-refractivity contribution in [3.05, 3.63) is 35.2 Å². The second kappa shape index (κ2) is 7.41. The maximum absolute atomic E-state index is 5.87. The van der Waals surface area contributed by atoms with E-state index < -0.39 is 0 Å². The zero-order valence-corrected chi connectivity index (χ0v) is 12.7. The first-order valence-corrected chi connectivity index (χ1v) is 7.42. The summed E-state index contributed by atoms with van der Waals surface area (Å²) >= 11 is 5.87. The topological polar surface area (TPSA) is 51.0 Å². The number of halogens is 1. The Morgan fingerprint density at radius 2 is 2.00 bits per heavy atom. The molecule has 0 aliphatic heterocycles. The minimum atomic E-state index is 0.392. The third-order valence-corrected chi connectivity index (χ3v) is 3.37. The molecule has 1 N–H and O–H groups in total. The molecule has 4 nitrogen and oxygen atoms in total. The molecule has 1 atom stereocenters. The molecule has 0 saturated carbocycles. The molecule has 108 valence electrons. The van der Waals surface area contributed by atoms with Crippen LogP contribution in [0.5, 0.6) is 0 Å². The van der Waals surface area contributed by atoms with Gasteiger partial charge < -0.3 is 9.84 Å². The Balaban J connectivity index is 2.06. The van der Waals surface area contributed by atoms with Gasteiger partial charge in [-0.1, -0.05) is 37.0 Å². The first kappa shape index (κ1) is 15.0. The second-order valence-corrected chi connectivity index (χ2v) is 5.20. The maximum Gasteiger partial charge on any atom is 0.228 e. The first-order chi connectivity index (χ1) is 9.72. The average Bonchev–Trinajstić information content (AvgIpc) is 2.89. The van der Waals surface area contributed by atoms with E-state index in [0.717, 1.165) is 31.4 Å². The van der Waals surface area contributed by atoms with E-state index in [1.165, 1.54) is 0 Å². The highest BCUT2D eigenvalue weighted by Crippen LogP contribution is 2.19. The number of rotatable bonds is 7. The lowest BCUT2D eigenvalue weighted by atomic mass is 10.1. The van der Waals surface area contributed by atoms with Gasteiger partial charge in [-0.2, -0.15) is 4.98 Å². The van der Waals surface area contributed by atoms with Crippen LogP contribution in [-0.4, -0.2) is 22.7 Å². The van der Waals surface area contributed by atoms with Crippen LogP contribution in [-0.2, 0) is 6.42 Å². The molecule has 0 amide bonds. The zero-order valence-electron chi connectivity index (χ0n) is 11.9. The van der Waals surface area contributed by atoms with E-state index in [0.29, 0.717) is 22.8 Å². The van der Waals surface area contributed by atoms with E-state index in [9.17, 15) is 0 Å². The summed E-state index contributed by atoms with van der Waals surface area (Å²) in [7, 11) is 0. The highest BCUT2D eigenvalue weighted by Gasteiger charge is 2.14. The number of nitrogens with zero attached hydrogens (tertiary/aromatic N) is 2. The number of hydrogen-bond donors (Lipinski definition) is 1. The summed E-state index contributed by atoms with van der Waals surface area (Å²) in [6.07, 6.45) is 3.00. The molecule has 5 heteroatoms. The third kappa shape index (κ3) is 4.05. The van der Waals surface area contributed by atoms with Gasteiger partial charge in [0.15, 0.2) is 0 Å². The van der Waals surface area contributed by atoms with E-state index in [4.69, 9.17) is 16.1 Å². The molecule has 2 rings (SSSR count). The molecule has 0 aliphatic rings. The van der Waals surface area contributed by atoms with Crippen molar-refractivity contribution >= 4 is 11.6 Å². The lowest BCUT2D eigenvalue weighted by Gasteiger charge is -2.14. The molecule has 0 fully saturated rings. The van der Waals surface area contributed by atoms with Crippen molar-refractivity contribution in [2.75, 3.05) is 6.54 Å². The van der Waals surface area contributed by atoms with Gasteiger partial charge in [0, 0.05) is 23.0 Å². The molecule has 1 aromatic carbocycles. The van der Waals surface area contributed by atoms with Crippen molar-refractivity contribution in [3.8, 4) is 11.4 Å². The Bertz CT molecular complexity index is 518. The van der Waals surface area contributed by atoms with Crippen LogP contribution in [0.4, 0.5) is 0 Å². The summed E-state index contributed by atoms with van der Waals surface area (Å²) in [6.45, 7) is 5.23. The zero-order chi connectivity index (χ0) is 14.4. The van der Waals surface area contributed by atoms with Gasteiger partial charge in [0.25, 0.3) is 0 Å². The Kier molecular flexibility index (Phi) is 5.56. The highest BCUT2D eigenvalue weighted by atomic mass is 35.5. The number of hydrogen-bond acceptors (Lipinski definition) is 4. The molecule has 0 spiro atoms. The molecular weight excluding hydrogens is 274 g/mol. The van der Waals surface area contributed by atoms with Crippen molar-refractivity contribution in [1.82, 2.24) is 15.5 Å². The van der Waals surface area contributed by atoms with Crippen molar-refractivity contribution in [2.24, 2.45) is 0 Å². The summed E-state index contributed by atoms with van der Waals surface area (Å²) in [5.74, 6) is 1.29. The van der Waals surface area contributed by atoms with Crippen LogP contribution in [0.1, 0.15) is 32.6 Å². The van der Waals surface area contributed by atoms with Gasteiger partial charge in [-0.3, -0.25) is 0 Å². The molecule has 1 heterocycles. The SMILES string of the molecule is CCCC(Cc1nc(-c2ccc(Cl)cc2)no1)NCC. The highest BCUT2D eigenvalue weighted by molar-refractivity contribution is 6.30. The molecular formula is C15H20ClN3O. The van der Waals surface area contributed by atoms with E-state index >= 15 is 0 Å². The van der Waals surface area contributed by atoms with Gasteiger partial charge >= 0.3 is 0 Å². The maximum atomic E-state index is 5.87. The molecule has 1 aromatic heterocycles. The first-order valence-electron chi connectivity index (χ1n) is 7.04. The average molecular weight is 294 g/mol. The summed E-state index contributed by atoms with van der Waals surface area (Å²) in [6, 6.07) is 7.83. The van der Waals surface area contributed by atoms with Gasteiger partial charge in [-0.05, 0) is 37.2 Å². The van der Waals surface area contributed by atoms with Crippen LogP contribution in [0.3, 0.4) is 0 Å². The normalized spacial score (nSPS) is 12.6. The van der Waals surface area contributed by atoms with Gasteiger partial charge in [-0.25, -0.2) is 0 Å². The van der Waals surface area contributed by atoms with Crippen molar-refractivity contribution in [1.29, 1.82) is 0 Å². The molecule has 2 aromatic rings.